The van der Waals surface area contributed by atoms with E-state index in [1.54, 1.807) is 13.0 Å². The summed E-state index contributed by atoms with van der Waals surface area (Å²) in [6.07, 6.45) is 4.34. The summed E-state index contributed by atoms with van der Waals surface area (Å²) in [5.41, 5.74) is 0. The van der Waals surface area contributed by atoms with Gasteiger partial charge in [0.15, 0.2) is 0 Å². The van der Waals surface area contributed by atoms with Gasteiger partial charge >= 0.3 is 5.97 Å². The lowest BCUT2D eigenvalue weighted by Gasteiger charge is -1.98. The number of thiophene rings is 1. The molecular weight excluding hydrogens is 234 g/mol. The van der Waals surface area contributed by atoms with Gasteiger partial charge in [0.2, 0.25) is 0 Å². The van der Waals surface area contributed by atoms with Gasteiger partial charge in [0.1, 0.15) is 0 Å². The monoisotopic (exact) mass is 253 g/mol. The minimum Gasteiger partial charge on any atom is -0.463 e. The zero-order chi connectivity index (χ0) is 12.5. The van der Waals surface area contributed by atoms with Gasteiger partial charge in [-0.05, 0) is 25.5 Å². The first kappa shape index (κ1) is 13.9. The maximum atomic E-state index is 11.0. The highest BCUT2D eigenvalue weighted by atomic mass is 32.1. The molecule has 0 aliphatic carbocycles. The summed E-state index contributed by atoms with van der Waals surface area (Å²) >= 11 is 1.83. The zero-order valence-corrected chi connectivity index (χ0v) is 11.2. The number of aryl methyl sites for hydroxylation is 1. The van der Waals surface area contributed by atoms with Crippen molar-refractivity contribution in [3.8, 4) is 0 Å². The van der Waals surface area contributed by atoms with Crippen LogP contribution in [0.15, 0.2) is 24.3 Å². The van der Waals surface area contributed by atoms with Gasteiger partial charge in [0.05, 0.1) is 6.61 Å². The molecule has 1 aromatic rings. The van der Waals surface area contributed by atoms with Crippen molar-refractivity contribution in [3.05, 3.63) is 34.0 Å². The highest BCUT2D eigenvalue weighted by molar-refractivity contribution is 7.11. The molecule has 0 saturated heterocycles. The molecule has 0 aliphatic heterocycles. The van der Waals surface area contributed by atoms with Gasteiger partial charge < -0.3 is 10.1 Å². The predicted octanol–water partition coefficient (Wildman–Crippen LogP) is 2.52. The van der Waals surface area contributed by atoms with Crippen LogP contribution in [0.25, 0.3) is 0 Å². The quantitative estimate of drug-likeness (QED) is 0.461. The van der Waals surface area contributed by atoms with Crippen LogP contribution in [0.4, 0.5) is 0 Å². The second-order valence-corrected chi connectivity index (χ2v) is 4.76. The highest BCUT2D eigenvalue weighted by Crippen LogP contribution is 2.16. The molecule has 1 rings (SSSR count). The van der Waals surface area contributed by atoms with Crippen LogP contribution < -0.4 is 5.32 Å². The minimum atomic E-state index is -0.279. The van der Waals surface area contributed by atoms with Crippen LogP contribution in [-0.2, 0) is 22.5 Å². The molecule has 94 valence electrons. The summed E-state index contributed by atoms with van der Waals surface area (Å²) in [7, 11) is 0. The van der Waals surface area contributed by atoms with Gasteiger partial charge in [0, 0.05) is 28.9 Å². The molecule has 1 aromatic heterocycles. The summed E-state index contributed by atoms with van der Waals surface area (Å²) < 4.78 is 4.77. The SMILES string of the molecule is CCOC(=O)/C=C/CNCc1ccc(CC)s1. The Labute approximate surface area is 106 Å². The maximum Gasteiger partial charge on any atom is 0.330 e. The second kappa shape index (κ2) is 8.03. The molecule has 0 spiro atoms. The number of carbonyl (C=O) groups is 1. The third-order valence-corrected chi connectivity index (χ3v) is 3.40. The molecule has 4 heteroatoms. The van der Waals surface area contributed by atoms with E-state index in [0.29, 0.717) is 13.2 Å². The summed E-state index contributed by atoms with van der Waals surface area (Å²) in [4.78, 5) is 13.7. The van der Waals surface area contributed by atoms with Crippen LogP contribution in [0.1, 0.15) is 23.6 Å². The van der Waals surface area contributed by atoms with Crippen LogP contribution in [0, 0.1) is 0 Å². The van der Waals surface area contributed by atoms with Gasteiger partial charge in [0.25, 0.3) is 0 Å². The molecule has 0 fully saturated rings. The Hall–Kier alpha value is -1.13. The van der Waals surface area contributed by atoms with E-state index >= 15 is 0 Å². The molecule has 1 heterocycles. The van der Waals surface area contributed by atoms with E-state index in [9.17, 15) is 4.79 Å². The number of nitrogens with one attached hydrogen (secondary N) is 1. The summed E-state index contributed by atoms with van der Waals surface area (Å²) in [5, 5.41) is 3.25. The van der Waals surface area contributed by atoms with Gasteiger partial charge in [-0.25, -0.2) is 4.79 Å². The summed E-state index contributed by atoms with van der Waals surface area (Å²) in [5.74, 6) is -0.279. The third-order valence-electron chi connectivity index (χ3n) is 2.17. The zero-order valence-electron chi connectivity index (χ0n) is 10.4. The number of hydrogen-bond donors (Lipinski definition) is 1. The van der Waals surface area contributed by atoms with Crippen molar-refractivity contribution in [2.75, 3.05) is 13.2 Å². The van der Waals surface area contributed by atoms with Crippen LogP contribution in [0.2, 0.25) is 0 Å². The minimum absolute atomic E-state index is 0.279. The fourth-order valence-electron chi connectivity index (χ4n) is 1.33. The van der Waals surface area contributed by atoms with Crippen molar-refractivity contribution in [3.63, 3.8) is 0 Å². The van der Waals surface area contributed by atoms with Gasteiger partial charge in [-0.1, -0.05) is 13.0 Å². The van der Waals surface area contributed by atoms with Crippen molar-refractivity contribution < 1.29 is 9.53 Å². The van der Waals surface area contributed by atoms with E-state index in [1.807, 2.05) is 11.3 Å². The molecule has 0 radical (unpaired) electrons. The molecule has 17 heavy (non-hydrogen) atoms. The predicted molar refractivity (Wildman–Crippen MR) is 71.2 cm³/mol. The van der Waals surface area contributed by atoms with Crippen LogP contribution in [0.5, 0.6) is 0 Å². The lowest BCUT2D eigenvalue weighted by atomic mass is 10.3. The lowest BCUT2D eigenvalue weighted by molar-refractivity contribution is -0.137. The van der Waals surface area contributed by atoms with E-state index in [2.05, 4.69) is 24.4 Å². The van der Waals surface area contributed by atoms with Crippen LogP contribution >= 0.6 is 11.3 Å². The van der Waals surface area contributed by atoms with Crippen LogP contribution in [-0.4, -0.2) is 19.1 Å². The summed E-state index contributed by atoms with van der Waals surface area (Å²) in [6.45, 7) is 5.90. The van der Waals surface area contributed by atoms with E-state index in [4.69, 9.17) is 4.74 Å². The average molecular weight is 253 g/mol. The molecule has 1 N–H and O–H groups in total. The molecule has 0 aromatic carbocycles. The van der Waals surface area contributed by atoms with E-state index in [-0.39, 0.29) is 5.97 Å². The van der Waals surface area contributed by atoms with Gasteiger partial charge in [-0.2, -0.15) is 0 Å². The smallest absolute Gasteiger partial charge is 0.330 e. The van der Waals surface area contributed by atoms with Crippen molar-refractivity contribution in [1.82, 2.24) is 5.32 Å². The molecule has 0 saturated carbocycles. The average Bonchev–Trinajstić information content (AvgIpc) is 2.77. The number of carbonyl (C=O) groups excluding carboxylic acids is 1. The van der Waals surface area contributed by atoms with E-state index in [0.717, 1.165) is 13.0 Å². The fourth-order valence-corrected chi connectivity index (χ4v) is 2.26. The molecule has 0 amide bonds. The van der Waals surface area contributed by atoms with Crippen molar-refractivity contribution >= 4 is 17.3 Å². The Balaban J connectivity index is 2.17. The standard InChI is InChI=1S/C13H19NO2S/c1-3-11-7-8-12(17-11)10-14-9-5-6-13(15)16-4-2/h5-8,14H,3-4,9-10H2,1-2H3/b6-5+. The lowest BCUT2D eigenvalue weighted by Crippen LogP contribution is -2.12. The first-order valence-electron chi connectivity index (χ1n) is 5.87. The Bertz CT molecular complexity index is 371. The van der Waals surface area contributed by atoms with E-state index in [1.165, 1.54) is 15.8 Å². The fraction of sp³-hybridized carbons (Fsp3) is 0.462. The topological polar surface area (TPSA) is 38.3 Å². The molecule has 3 nitrogen and oxygen atoms in total. The number of hydrogen-bond acceptors (Lipinski definition) is 4. The Morgan fingerprint density at radius 1 is 1.41 bits per heavy atom. The molecule has 0 bridgehead atoms. The number of rotatable bonds is 7. The molecular formula is C13H19NO2S. The van der Waals surface area contributed by atoms with Crippen molar-refractivity contribution in [2.45, 2.75) is 26.8 Å². The Morgan fingerprint density at radius 3 is 2.82 bits per heavy atom. The first-order chi connectivity index (χ1) is 8.26. The molecule has 0 unspecified atom stereocenters. The third kappa shape index (κ3) is 5.65. The van der Waals surface area contributed by atoms with Gasteiger partial charge in [-0.3, -0.25) is 0 Å². The summed E-state index contributed by atoms with van der Waals surface area (Å²) in [6, 6.07) is 4.31. The number of ether oxygens (including phenoxy) is 1. The Kier molecular flexibility index (Phi) is 6.58. The van der Waals surface area contributed by atoms with E-state index < -0.39 is 0 Å². The maximum absolute atomic E-state index is 11.0. The first-order valence-corrected chi connectivity index (χ1v) is 6.69. The largest absolute Gasteiger partial charge is 0.463 e. The molecule has 0 aliphatic rings. The van der Waals surface area contributed by atoms with Crippen LogP contribution in [0.3, 0.4) is 0 Å². The number of esters is 1. The molecule has 0 atom stereocenters. The van der Waals surface area contributed by atoms with Gasteiger partial charge in [-0.15, -0.1) is 11.3 Å². The second-order valence-electron chi connectivity index (χ2n) is 3.51. The Morgan fingerprint density at radius 2 is 2.18 bits per heavy atom. The highest BCUT2D eigenvalue weighted by Gasteiger charge is 1.97. The van der Waals surface area contributed by atoms with Crippen molar-refractivity contribution in [2.24, 2.45) is 0 Å². The normalized spacial score (nSPS) is 10.9. The van der Waals surface area contributed by atoms with Crippen molar-refractivity contribution in [1.29, 1.82) is 0 Å².